The highest BCUT2D eigenvalue weighted by molar-refractivity contribution is 7.92. The molecule has 0 saturated carbocycles. The number of carboxylic acid groups (broad SMARTS) is 1. The van der Waals surface area contributed by atoms with Gasteiger partial charge in [0.15, 0.2) is 0 Å². The average Bonchev–Trinajstić information content (AvgIpc) is 2.40. The number of carboxylic acids is 1. The number of rotatable bonds is 4. The fourth-order valence-corrected chi connectivity index (χ4v) is 3.64. The lowest BCUT2D eigenvalue weighted by molar-refractivity contribution is 0.0697. The van der Waals surface area contributed by atoms with Crippen LogP contribution in [0.2, 0.25) is 0 Å². The molecule has 5 nitrogen and oxygen atoms in total. The predicted octanol–water partition coefficient (Wildman–Crippen LogP) is 3.11. The Bertz CT molecular complexity index is 841. The molecule has 0 fully saturated rings. The van der Waals surface area contributed by atoms with Crippen LogP contribution in [0.15, 0.2) is 41.3 Å². The molecule has 0 aliphatic rings. The number of aromatic carboxylic acids is 1. The third-order valence-electron chi connectivity index (χ3n) is 3.36. The molecule has 116 valence electrons. The molecule has 0 aliphatic heterocycles. The maximum atomic E-state index is 12.6. The van der Waals surface area contributed by atoms with Gasteiger partial charge in [-0.25, -0.2) is 13.2 Å². The summed E-state index contributed by atoms with van der Waals surface area (Å²) in [5.41, 5.74) is 1.93. The monoisotopic (exact) mass is 319 g/mol. The maximum Gasteiger partial charge on any atom is 0.338 e. The van der Waals surface area contributed by atoms with Crippen molar-refractivity contribution in [3.8, 4) is 0 Å². The molecule has 0 radical (unpaired) electrons. The van der Waals surface area contributed by atoms with Crippen LogP contribution in [0.25, 0.3) is 0 Å². The van der Waals surface area contributed by atoms with Crippen LogP contribution in [0.3, 0.4) is 0 Å². The molecule has 22 heavy (non-hydrogen) atoms. The van der Waals surface area contributed by atoms with E-state index in [0.717, 1.165) is 5.56 Å². The van der Waals surface area contributed by atoms with Crippen LogP contribution < -0.4 is 4.72 Å². The molecule has 0 bridgehead atoms. The SMILES string of the molecule is Cc1ccc(C)c(S(=O)(=O)Nc2cccc(C)c2C(=O)O)c1. The standard InChI is InChI=1S/C16H17NO4S/c1-10-7-8-11(2)14(9-10)22(20,21)17-13-6-4-5-12(3)15(13)16(18)19/h4-9,17H,1-3H3,(H,18,19). The first kappa shape index (κ1) is 16.0. The molecule has 0 atom stereocenters. The minimum atomic E-state index is -3.85. The Hall–Kier alpha value is -2.34. The molecule has 2 rings (SSSR count). The Morgan fingerprint density at radius 2 is 1.73 bits per heavy atom. The van der Waals surface area contributed by atoms with Crippen LogP contribution in [0.4, 0.5) is 5.69 Å². The number of benzene rings is 2. The summed E-state index contributed by atoms with van der Waals surface area (Å²) in [6.45, 7) is 5.12. The number of aryl methyl sites for hydroxylation is 3. The van der Waals surface area contributed by atoms with Crippen molar-refractivity contribution in [1.29, 1.82) is 0 Å². The van der Waals surface area contributed by atoms with Gasteiger partial charge in [0.25, 0.3) is 10.0 Å². The van der Waals surface area contributed by atoms with E-state index in [-0.39, 0.29) is 16.1 Å². The van der Waals surface area contributed by atoms with Crippen molar-refractivity contribution in [1.82, 2.24) is 0 Å². The number of nitrogens with one attached hydrogen (secondary N) is 1. The fourth-order valence-electron chi connectivity index (χ4n) is 2.23. The summed E-state index contributed by atoms with van der Waals surface area (Å²) in [5, 5.41) is 9.28. The molecular formula is C16H17NO4S. The molecule has 0 heterocycles. The van der Waals surface area contributed by atoms with E-state index in [0.29, 0.717) is 11.1 Å². The van der Waals surface area contributed by atoms with Crippen molar-refractivity contribution in [3.05, 3.63) is 58.7 Å². The first-order valence-electron chi connectivity index (χ1n) is 6.65. The lowest BCUT2D eigenvalue weighted by atomic mass is 10.1. The Balaban J connectivity index is 2.53. The van der Waals surface area contributed by atoms with Crippen molar-refractivity contribution >= 4 is 21.7 Å². The molecule has 0 aliphatic carbocycles. The first-order valence-corrected chi connectivity index (χ1v) is 8.13. The molecule has 6 heteroatoms. The van der Waals surface area contributed by atoms with Gasteiger partial charge in [-0.1, -0.05) is 24.3 Å². The Labute approximate surface area is 129 Å². The molecule has 0 unspecified atom stereocenters. The van der Waals surface area contributed by atoms with Crippen LogP contribution in [-0.4, -0.2) is 19.5 Å². The van der Waals surface area contributed by atoms with Gasteiger partial charge in [-0.05, 0) is 49.6 Å². The number of sulfonamides is 1. The van der Waals surface area contributed by atoms with Crippen LogP contribution >= 0.6 is 0 Å². The zero-order valence-electron chi connectivity index (χ0n) is 12.5. The predicted molar refractivity (Wildman–Crippen MR) is 84.9 cm³/mol. The highest BCUT2D eigenvalue weighted by Crippen LogP contribution is 2.25. The molecule has 2 aromatic carbocycles. The second kappa shape index (κ2) is 5.81. The van der Waals surface area contributed by atoms with E-state index in [1.54, 1.807) is 45.0 Å². The summed E-state index contributed by atoms with van der Waals surface area (Å²) >= 11 is 0. The van der Waals surface area contributed by atoms with Crippen LogP contribution in [0, 0.1) is 20.8 Å². The minimum Gasteiger partial charge on any atom is -0.478 e. The van der Waals surface area contributed by atoms with Crippen molar-refractivity contribution < 1.29 is 18.3 Å². The van der Waals surface area contributed by atoms with E-state index in [2.05, 4.69) is 4.72 Å². The van der Waals surface area contributed by atoms with Gasteiger partial charge in [-0.2, -0.15) is 0 Å². The normalized spacial score (nSPS) is 11.2. The molecule has 0 amide bonds. The van der Waals surface area contributed by atoms with Gasteiger partial charge in [0.05, 0.1) is 16.1 Å². The number of hydrogen-bond donors (Lipinski definition) is 2. The van der Waals surface area contributed by atoms with Crippen LogP contribution in [0.5, 0.6) is 0 Å². The average molecular weight is 319 g/mol. The van der Waals surface area contributed by atoms with Crippen molar-refractivity contribution in [3.63, 3.8) is 0 Å². The Morgan fingerprint density at radius 1 is 1.05 bits per heavy atom. The molecule has 0 saturated heterocycles. The second-order valence-corrected chi connectivity index (χ2v) is 6.83. The summed E-state index contributed by atoms with van der Waals surface area (Å²) < 4.78 is 27.5. The third-order valence-corrected chi connectivity index (χ3v) is 4.87. The molecular weight excluding hydrogens is 302 g/mol. The van der Waals surface area contributed by atoms with Crippen molar-refractivity contribution in [2.75, 3.05) is 4.72 Å². The van der Waals surface area contributed by atoms with Gasteiger partial charge in [-0.15, -0.1) is 0 Å². The number of carbonyl (C=O) groups is 1. The van der Waals surface area contributed by atoms with Gasteiger partial charge in [0, 0.05) is 0 Å². The van der Waals surface area contributed by atoms with E-state index >= 15 is 0 Å². The van der Waals surface area contributed by atoms with E-state index in [9.17, 15) is 18.3 Å². The molecule has 2 aromatic rings. The van der Waals surface area contributed by atoms with Gasteiger partial charge < -0.3 is 5.11 Å². The number of hydrogen-bond acceptors (Lipinski definition) is 3. The fraction of sp³-hybridized carbons (Fsp3) is 0.188. The van der Waals surface area contributed by atoms with Crippen LogP contribution in [0.1, 0.15) is 27.0 Å². The van der Waals surface area contributed by atoms with Gasteiger partial charge in [0.2, 0.25) is 0 Å². The summed E-state index contributed by atoms with van der Waals surface area (Å²) in [4.78, 5) is 11.5. The highest BCUT2D eigenvalue weighted by atomic mass is 32.2. The summed E-state index contributed by atoms with van der Waals surface area (Å²) in [7, 11) is -3.85. The van der Waals surface area contributed by atoms with Crippen molar-refractivity contribution in [2.24, 2.45) is 0 Å². The van der Waals surface area contributed by atoms with Gasteiger partial charge in [0.1, 0.15) is 0 Å². The molecule has 0 spiro atoms. The van der Waals surface area contributed by atoms with Crippen molar-refractivity contribution in [2.45, 2.75) is 25.7 Å². The van der Waals surface area contributed by atoms with E-state index in [1.807, 2.05) is 6.07 Å². The topological polar surface area (TPSA) is 83.5 Å². The van der Waals surface area contributed by atoms with Crippen LogP contribution in [-0.2, 0) is 10.0 Å². The summed E-state index contributed by atoms with van der Waals surface area (Å²) in [6, 6.07) is 9.79. The largest absolute Gasteiger partial charge is 0.478 e. The minimum absolute atomic E-state index is 0.0450. The second-order valence-electron chi connectivity index (χ2n) is 5.18. The quantitative estimate of drug-likeness (QED) is 0.907. The first-order chi connectivity index (χ1) is 10.2. The van der Waals surface area contributed by atoms with Gasteiger partial charge >= 0.3 is 5.97 Å². The van der Waals surface area contributed by atoms with Gasteiger partial charge in [-0.3, -0.25) is 4.72 Å². The zero-order valence-corrected chi connectivity index (χ0v) is 13.4. The van der Waals surface area contributed by atoms with E-state index < -0.39 is 16.0 Å². The third kappa shape index (κ3) is 3.12. The summed E-state index contributed by atoms with van der Waals surface area (Å²) in [5.74, 6) is -1.17. The molecule has 0 aromatic heterocycles. The van der Waals surface area contributed by atoms with E-state index in [1.165, 1.54) is 6.07 Å². The maximum absolute atomic E-state index is 12.6. The lowest BCUT2D eigenvalue weighted by Gasteiger charge is -2.14. The smallest absolute Gasteiger partial charge is 0.338 e. The lowest BCUT2D eigenvalue weighted by Crippen LogP contribution is -2.17. The number of anilines is 1. The highest BCUT2D eigenvalue weighted by Gasteiger charge is 2.21. The Morgan fingerprint density at radius 3 is 2.36 bits per heavy atom. The molecule has 2 N–H and O–H groups in total. The summed E-state index contributed by atoms with van der Waals surface area (Å²) in [6.07, 6.45) is 0. The van der Waals surface area contributed by atoms with E-state index in [4.69, 9.17) is 0 Å². The zero-order chi connectivity index (χ0) is 16.5. The Kier molecular flexibility index (Phi) is 4.23.